The second kappa shape index (κ2) is 6.65. The summed E-state index contributed by atoms with van der Waals surface area (Å²) in [5.41, 5.74) is 0. The van der Waals surface area contributed by atoms with E-state index < -0.39 is 12.0 Å². The predicted molar refractivity (Wildman–Crippen MR) is 76.7 cm³/mol. The first-order valence-corrected chi connectivity index (χ1v) is 7.35. The van der Waals surface area contributed by atoms with Crippen LogP contribution in [0, 0.1) is 5.92 Å². The third-order valence-electron chi connectivity index (χ3n) is 3.91. The molecule has 2 atom stereocenters. The number of furan rings is 1. The highest BCUT2D eigenvalue weighted by atomic mass is 16.4. The molecule has 1 heterocycles. The van der Waals surface area contributed by atoms with Gasteiger partial charge in [-0.15, -0.1) is 0 Å². The van der Waals surface area contributed by atoms with Crippen LogP contribution in [-0.4, -0.2) is 34.1 Å². The van der Waals surface area contributed by atoms with Crippen molar-refractivity contribution in [2.45, 2.75) is 51.7 Å². The number of carboxylic acids is 1. The third-order valence-corrected chi connectivity index (χ3v) is 3.91. The number of urea groups is 1. The average molecular weight is 294 g/mol. The minimum Gasteiger partial charge on any atom is -0.480 e. The Hall–Kier alpha value is -1.98. The lowest BCUT2D eigenvalue weighted by Gasteiger charge is -2.26. The van der Waals surface area contributed by atoms with Gasteiger partial charge in [0.1, 0.15) is 11.8 Å². The second-order valence-electron chi connectivity index (χ2n) is 5.59. The summed E-state index contributed by atoms with van der Waals surface area (Å²) in [6.45, 7) is 4.11. The Labute approximate surface area is 124 Å². The Balaban J connectivity index is 2.02. The van der Waals surface area contributed by atoms with E-state index >= 15 is 0 Å². The van der Waals surface area contributed by atoms with Crippen molar-refractivity contribution >= 4 is 12.0 Å². The number of amides is 2. The van der Waals surface area contributed by atoms with Crippen LogP contribution in [0.5, 0.6) is 0 Å². The topological polar surface area (TPSA) is 82.8 Å². The van der Waals surface area contributed by atoms with Crippen LogP contribution in [0.2, 0.25) is 0 Å². The van der Waals surface area contributed by atoms with E-state index in [9.17, 15) is 14.7 Å². The van der Waals surface area contributed by atoms with Gasteiger partial charge in [0.05, 0.1) is 12.8 Å². The summed E-state index contributed by atoms with van der Waals surface area (Å²) < 4.78 is 5.28. The van der Waals surface area contributed by atoms with Gasteiger partial charge in [-0.25, -0.2) is 9.59 Å². The Morgan fingerprint density at radius 1 is 1.52 bits per heavy atom. The Kier molecular flexibility index (Phi) is 4.88. The van der Waals surface area contributed by atoms with E-state index in [4.69, 9.17) is 4.42 Å². The van der Waals surface area contributed by atoms with Gasteiger partial charge in [-0.2, -0.15) is 0 Å². The molecule has 2 rings (SSSR count). The minimum atomic E-state index is -0.994. The van der Waals surface area contributed by atoms with E-state index in [-0.39, 0.29) is 18.0 Å². The van der Waals surface area contributed by atoms with Crippen LogP contribution in [0.3, 0.4) is 0 Å². The molecular weight excluding hydrogens is 272 g/mol. The fourth-order valence-corrected chi connectivity index (χ4v) is 2.22. The van der Waals surface area contributed by atoms with Crippen LogP contribution < -0.4 is 5.32 Å². The van der Waals surface area contributed by atoms with Gasteiger partial charge in [-0.05, 0) is 30.9 Å². The second-order valence-corrected chi connectivity index (χ2v) is 5.59. The standard InChI is InChI=1S/C15H22N2O4/c1-3-10(2)13(14(18)19)16-15(20)17(11-6-7-11)9-12-5-4-8-21-12/h4-5,8,10-11,13H,3,6-7,9H2,1-2H3,(H,16,20)(H,18,19). The zero-order chi connectivity index (χ0) is 15.4. The molecule has 6 heteroatoms. The number of carboxylic acid groups (broad SMARTS) is 1. The molecule has 1 aromatic heterocycles. The molecule has 0 radical (unpaired) electrons. The van der Waals surface area contributed by atoms with Crippen molar-refractivity contribution in [3.8, 4) is 0 Å². The highest BCUT2D eigenvalue weighted by Crippen LogP contribution is 2.28. The molecule has 0 aliphatic heterocycles. The van der Waals surface area contributed by atoms with E-state index in [1.54, 1.807) is 17.2 Å². The molecule has 1 aliphatic rings. The van der Waals surface area contributed by atoms with E-state index in [0.717, 1.165) is 12.8 Å². The molecule has 21 heavy (non-hydrogen) atoms. The average Bonchev–Trinajstić information content (AvgIpc) is 3.17. The lowest BCUT2D eigenvalue weighted by atomic mass is 9.99. The largest absolute Gasteiger partial charge is 0.480 e. The van der Waals surface area contributed by atoms with Gasteiger partial charge in [0, 0.05) is 6.04 Å². The first-order valence-electron chi connectivity index (χ1n) is 7.35. The molecule has 0 spiro atoms. The van der Waals surface area contributed by atoms with Crippen LogP contribution in [0.25, 0.3) is 0 Å². The van der Waals surface area contributed by atoms with Crippen LogP contribution >= 0.6 is 0 Å². The van der Waals surface area contributed by atoms with Crippen molar-refractivity contribution in [2.75, 3.05) is 0 Å². The van der Waals surface area contributed by atoms with Crippen molar-refractivity contribution in [3.63, 3.8) is 0 Å². The molecule has 2 unspecified atom stereocenters. The zero-order valence-electron chi connectivity index (χ0n) is 12.4. The maximum atomic E-state index is 12.4. The molecular formula is C15H22N2O4. The summed E-state index contributed by atoms with van der Waals surface area (Å²) in [6.07, 6.45) is 4.17. The highest BCUT2D eigenvalue weighted by Gasteiger charge is 2.35. The molecule has 6 nitrogen and oxygen atoms in total. The third kappa shape index (κ3) is 4.00. The Morgan fingerprint density at radius 2 is 2.24 bits per heavy atom. The van der Waals surface area contributed by atoms with Crippen molar-refractivity contribution in [1.82, 2.24) is 10.2 Å². The molecule has 0 aromatic carbocycles. The number of nitrogens with zero attached hydrogens (tertiary/aromatic N) is 1. The first kappa shape index (κ1) is 15.4. The van der Waals surface area contributed by atoms with E-state index in [1.165, 1.54) is 0 Å². The lowest BCUT2D eigenvalue weighted by Crippen LogP contribution is -2.50. The number of hydrogen-bond acceptors (Lipinski definition) is 3. The Morgan fingerprint density at radius 3 is 2.71 bits per heavy atom. The number of aliphatic carboxylic acids is 1. The quantitative estimate of drug-likeness (QED) is 0.809. The van der Waals surface area contributed by atoms with Crippen LogP contribution in [0.4, 0.5) is 4.79 Å². The number of hydrogen-bond donors (Lipinski definition) is 2. The maximum absolute atomic E-state index is 12.4. The highest BCUT2D eigenvalue weighted by molar-refractivity contribution is 5.83. The van der Waals surface area contributed by atoms with Gasteiger partial charge >= 0.3 is 12.0 Å². The van der Waals surface area contributed by atoms with Crippen molar-refractivity contribution in [3.05, 3.63) is 24.2 Å². The zero-order valence-corrected chi connectivity index (χ0v) is 12.4. The molecule has 1 aromatic rings. The molecule has 2 N–H and O–H groups in total. The number of carbonyl (C=O) groups excluding carboxylic acids is 1. The normalized spacial score (nSPS) is 17.0. The summed E-state index contributed by atoms with van der Waals surface area (Å²) in [7, 11) is 0. The fraction of sp³-hybridized carbons (Fsp3) is 0.600. The van der Waals surface area contributed by atoms with Crippen molar-refractivity contribution in [1.29, 1.82) is 0 Å². The Bertz CT molecular complexity index is 482. The summed E-state index contributed by atoms with van der Waals surface area (Å²) in [4.78, 5) is 25.4. The number of nitrogens with one attached hydrogen (secondary N) is 1. The number of rotatable bonds is 7. The van der Waals surface area contributed by atoms with E-state index in [2.05, 4.69) is 5.32 Å². The van der Waals surface area contributed by atoms with E-state index in [0.29, 0.717) is 18.7 Å². The molecule has 116 valence electrons. The van der Waals surface area contributed by atoms with Gasteiger partial charge in [-0.3, -0.25) is 0 Å². The van der Waals surface area contributed by atoms with Crippen LogP contribution in [0.1, 0.15) is 38.9 Å². The molecule has 0 saturated heterocycles. The molecule has 1 saturated carbocycles. The van der Waals surface area contributed by atoms with Gasteiger partial charge in [0.15, 0.2) is 0 Å². The van der Waals surface area contributed by atoms with Gasteiger partial charge < -0.3 is 19.7 Å². The van der Waals surface area contributed by atoms with Crippen LogP contribution in [0.15, 0.2) is 22.8 Å². The first-order chi connectivity index (χ1) is 10.0. The summed E-state index contributed by atoms with van der Waals surface area (Å²) >= 11 is 0. The van der Waals surface area contributed by atoms with E-state index in [1.807, 2.05) is 19.9 Å². The van der Waals surface area contributed by atoms with Crippen molar-refractivity contribution < 1.29 is 19.1 Å². The fourth-order valence-electron chi connectivity index (χ4n) is 2.22. The van der Waals surface area contributed by atoms with Gasteiger partial charge in [0.25, 0.3) is 0 Å². The molecule has 2 amide bonds. The molecule has 1 aliphatic carbocycles. The summed E-state index contributed by atoms with van der Waals surface area (Å²) in [5.74, 6) is -0.407. The maximum Gasteiger partial charge on any atom is 0.326 e. The molecule has 0 bridgehead atoms. The monoisotopic (exact) mass is 294 g/mol. The van der Waals surface area contributed by atoms with Crippen LogP contribution in [-0.2, 0) is 11.3 Å². The summed E-state index contributed by atoms with van der Waals surface area (Å²) in [5, 5.41) is 11.9. The minimum absolute atomic E-state index is 0.115. The summed E-state index contributed by atoms with van der Waals surface area (Å²) in [6, 6.07) is 2.58. The van der Waals surface area contributed by atoms with Crippen molar-refractivity contribution in [2.24, 2.45) is 5.92 Å². The lowest BCUT2D eigenvalue weighted by molar-refractivity contribution is -0.140. The van der Waals surface area contributed by atoms with Gasteiger partial charge in [-0.1, -0.05) is 20.3 Å². The number of carbonyl (C=O) groups is 2. The molecule has 1 fully saturated rings. The SMILES string of the molecule is CCC(C)C(NC(=O)N(Cc1ccco1)C1CC1)C(=O)O. The predicted octanol–water partition coefficient (Wildman–Crippen LogP) is 2.45. The van der Waals surface area contributed by atoms with Gasteiger partial charge in [0.2, 0.25) is 0 Å². The smallest absolute Gasteiger partial charge is 0.326 e.